The summed E-state index contributed by atoms with van der Waals surface area (Å²) in [6.07, 6.45) is -0.499. The van der Waals surface area contributed by atoms with E-state index in [1.165, 1.54) is 13.0 Å². The van der Waals surface area contributed by atoms with Crippen molar-refractivity contribution in [2.45, 2.75) is 51.2 Å². The van der Waals surface area contributed by atoms with E-state index in [0.29, 0.717) is 6.54 Å². The predicted octanol–water partition coefficient (Wildman–Crippen LogP) is 3.97. The van der Waals surface area contributed by atoms with Crippen molar-refractivity contribution in [3.63, 3.8) is 0 Å². The van der Waals surface area contributed by atoms with Gasteiger partial charge in [0.15, 0.2) is 0 Å². The Morgan fingerprint density at radius 3 is 2.74 bits per heavy atom. The zero-order valence-electron chi connectivity index (χ0n) is 17.0. The van der Waals surface area contributed by atoms with Gasteiger partial charge in [-0.2, -0.15) is 18.2 Å². The Labute approximate surface area is 177 Å². The summed E-state index contributed by atoms with van der Waals surface area (Å²) in [7, 11) is 0. The fourth-order valence-electron chi connectivity index (χ4n) is 4.25. The third-order valence-electron chi connectivity index (χ3n) is 5.57. The van der Waals surface area contributed by atoms with Crippen molar-refractivity contribution in [3.05, 3.63) is 40.8 Å². The number of halogens is 4. The second-order valence-electron chi connectivity index (χ2n) is 7.95. The molecule has 166 valence electrons. The molecule has 0 radical (unpaired) electrons. The number of benzene rings is 1. The van der Waals surface area contributed by atoms with Crippen LogP contribution in [0.15, 0.2) is 18.2 Å². The zero-order valence-corrected chi connectivity index (χ0v) is 17.0. The van der Waals surface area contributed by atoms with Gasteiger partial charge < -0.3 is 15.5 Å². The third kappa shape index (κ3) is 4.72. The van der Waals surface area contributed by atoms with Gasteiger partial charge >= 0.3 is 6.18 Å². The highest BCUT2D eigenvalue weighted by molar-refractivity contribution is 5.73. The summed E-state index contributed by atoms with van der Waals surface area (Å²) in [5, 5.41) is 5.76. The van der Waals surface area contributed by atoms with Crippen molar-refractivity contribution in [1.82, 2.24) is 15.3 Å². The summed E-state index contributed by atoms with van der Waals surface area (Å²) in [5.74, 6) is -0.486. The first-order valence-corrected chi connectivity index (χ1v) is 10.3. The number of amides is 1. The van der Waals surface area contributed by atoms with E-state index in [4.69, 9.17) is 0 Å². The molecule has 1 aliphatic heterocycles. The number of carbonyl (C=O) groups is 1. The van der Waals surface area contributed by atoms with E-state index in [9.17, 15) is 22.4 Å². The molecule has 1 aliphatic carbocycles. The van der Waals surface area contributed by atoms with Crippen LogP contribution in [-0.2, 0) is 23.8 Å². The van der Waals surface area contributed by atoms with Gasteiger partial charge in [0.2, 0.25) is 11.9 Å². The Hall–Kier alpha value is -2.91. The number of fused-ring (bicyclic) bond motifs is 1. The van der Waals surface area contributed by atoms with Crippen LogP contribution in [0, 0.1) is 5.82 Å². The topological polar surface area (TPSA) is 70.2 Å². The van der Waals surface area contributed by atoms with Crippen molar-refractivity contribution >= 4 is 23.4 Å². The minimum atomic E-state index is -4.79. The number of piperidine rings is 1. The van der Waals surface area contributed by atoms with Crippen LogP contribution in [0.1, 0.15) is 43.0 Å². The van der Waals surface area contributed by atoms with E-state index in [0.717, 1.165) is 67.9 Å². The van der Waals surface area contributed by atoms with Crippen molar-refractivity contribution in [2.75, 3.05) is 23.3 Å². The Kier molecular flexibility index (Phi) is 5.72. The van der Waals surface area contributed by atoms with E-state index < -0.39 is 17.6 Å². The maximum absolute atomic E-state index is 13.6. The molecule has 6 nitrogen and oxygen atoms in total. The molecule has 1 atom stereocenters. The van der Waals surface area contributed by atoms with Crippen molar-refractivity contribution < 1.29 is 22.4 Å². The number of carbonyl (C=O) groups excluding carboxylic acids is 1. The van der Waals surface area contributed by atoms with Gasteiger partial charge in [-0.3, -0.25) is 4.79 Å². The van der Waals surface area contributed by atoms with E-state index in [1.54, 1.807) is 0 Å². The molecule has 0 saturated carbocycles. The van der Waals surface area contributed by atoms with E-state index in [1.807, 2.05) is 0 Å². The van der Waals surface area contributed by atoms with Gasteiger partial charge in [-0.25, -0.2) is 9.37 Å². The molecule has 1 fully saturated rings. The standard InChI is InChI=1S/C21H23F4N5O/c1-12(31)26-14-4-3-9-30(11-14)19-15-5-2-6-18(15)28-20(29-19)27-13-7-8-17(22)16(10-13)21(23,24)25/h7-8,10,14H,2-6,9,11H2,1H3,(H,26,31)(H,27,28,29)/t14-/m1/s1. The molecule has 0 unspecified atom stereocenters. The number of hydrogen-bond acceptors (Lipinski definition) is 5. The number of nitrogens with one attached hydrogen (secondary N) is 2. The smallest absolute Gasteiger partial charge is 0.354 e. The van der Waals surface area contributed by atoms with Gasteiger partial charge in [-0.05, 0) is 50.3 Å². The maximum Gasteiger partial charge on any atom is 0.419 e. The van der Waals surface area contributed by atoms with Crippen LogP contribution in [0.2, 0.25) is 0 Å². The molecule has 2 aromatic rings. The molecular formula is C21H23F4N5O. The van der Waals surface area contributed by atoms with Crippen molar-refractivity contribution in [3.8, 4) is 0 Å². The first-order valence-electron chi connectivity index (χ1n) is 10.3. The van der Waals surface area contributed by atoms with Crippen LogP contribution in [0.3, 0.4) is 0 Å². The molecule has 1 aromatic heterocycles. The van der Waals surface area contributed by atoms with Crippen LogP contribution >= 0.6 is 0 Å². The monoisotopic (exact) mass is 437 g/mol. The molecular weight excluding hydrogens is 414 g/mol. The second kappa shape index (κ2) is 8.32. The molecule has 1 aromatic carbocycles. The molecule has 2 N–H and O–H groups in total. The molecule has 2 aliphatic rings. The number of rotatable bonds is 4. The van der Waals surface area contributed by atoms with Crippen molar-refractivity contribution in [1.29, 1.82) is 0 Å². The van der Waals surface area contributed by atoms with Gasteiger partial charge in [-0.1, -0.05) is 0 Å². The molecule has 1 saturated heterocycles. The number of alkyl halides is 3. The predicted molar refractivity (Wildman–Crippen MR) is 108 cm³/mol. The Morgan fingerprint density at radius 2 is 2.00 bits per heavy atom. The SMILES string of the molecule is CC(=O)N[C@@H]1CCCN(c2nc(Nc3ccc(F)c(C(F)(F)F)c3)nc3c2CCC3)C1. The Morgan fingerprint density at radius 1 is 1.19 bits per heavy atom. The Balaban J connectivity index is 1.63. The van der Waals surface area contributed by atoms with Crippen LogP contribution in [0.5, 0.6) is 0 Å². The first-order chi connectivity index (χ1) is 14.7. The quantitative estimate of drug-likeness (QED) is 0.709. The van der Waals surface area contributed by atoms with Crippen LogP contribution in [0.25, 0.3) is 0 Å². The summed E-state index contributed by atoms with van der Waals surface area (Å²) >= 11 is 0. The second-order valence-corrected chi connectivity index (χ2v) is 7.95. The van der Waals surface area contributed by atoms with E-state index in [-0.39, 0.29) is 23.6 Å². The summed E-state index contributed by atoms with van der Waals surface area (Å²) in [5.41, 5.74) is 0.636. The lowest BCUT2D eigenvalue weighted by molar-refractivity contribution is -0.140. The largest absolute Gasteiger partial charge is 0.419 e. The lowest BCUT2D eigenvalue weighted by atomic mass is 10.0. The molecule has 0 spiro atoms. The van der Waals surface area contributed by atoms with Gasteiger partial charge in [0, 0.05) is 37.3 Å². The number of aromatic nitrogens is 2. The van der Waals surface area contributed by atoms with Crippen LogP contribution in [-0.4, -0.2) is 35.0 Å². The highest BCUT2D eigenvalue weighted by Crippen LogP contribution is 2.35. The number of anilines is 3. The molecule has 4 rings (SSSR count). The molecule has 31 heavy (non-hydrogen) atoms. The minimum absolute atomic E-state index is 0.0149. The third-order valence-corrected chi connectivity index (χ3v) is 5.57. The first kappa shape index (κ1) is 21.3. The molecule has 1 amide bonds. The number of hydrogen-bond donors (Lipinski definition) is 2. The molecule has 10 heteroatoms. The number of aryl methyl sites for hydroxylation is 1. The fourth-order valence-corrected chi connectivity index (χ4v) is 4.25. The number of nitrogens with zero attached hydrogens (tertiary/aromatic N) is 3. The van der Waals surface area contributed by atoms with Crippen LogP contribution in [0.4, 0.5) is 35.0 Å². The summed E-state index contributed by atoms with van der Waals surface area (Å²) in [6, 6.07) is 2.75. The molecule has 0 bridgehead atoms. The minimum Gasteiger partial charge on any atom is -0.354 e. The molecule has 2 heterocycles. The summed E-state index contributed by atoms with van der Waals surface area (Å²) in [6.45, 7) is 2.87. The fraction of sp³-hybridized carbons (Fsp3) is 0.476. The summed E-state index contributed by atoms with van der Waals surface area (Å²) in [4.78, 5) is 22.7. The lowest BCUT2D eigenvalue weighted by Gasteiger charge is -2.35. The maximum atomic E-state index is 13.6. The van der Waals surface area contributed by atoms with Gasteiger partial charge in [0.25, 0.3) is 0 Å². The highest BCUT2D eigenvalue weighted by atomic mass is 19.4. The zero-order chi connectivity index (χ0) is 22.2. The highest BCUT2D eigenvalue weighted by Gasteiger charge is 2.34. The van der Waals surface area contributed by atoms with Crippen LogP contribution < -0.4 is 15.5 Å². The normalized spacial score (nSPS) is 18.6. The average Bonchev–Trinajstić information content (AvgIpc) is 3.16. The van der Waals surface area contributed by atoms with E-state index in [2.05, 4.69) is 25.5 Å². The van der Waals surface area contributed by atoms with Gasteiger partial charge in [0.1, 0.15) is 11.6 Å². The van der Waals surface area contributed by atoms with Gasteiger partial charge in [-0.15, -0.1) is 0 Å². The van der Waals surface area contributed by atoms with E-state index >= 15 is 0 Å². The average molecular weight is 437 g/mol. The van der Waals surface area contributed by atoms with Gasteiger partial charge in [0.05, 0.1) is 11.3 Å². The lowest BCUT2D eigenvalue weighted by Crippen LogP contribution is -2.47. The summed E-state index contributed by atoms with van der Waals surface area (Å²) < 4.78 is 52.7. The van der Waals surface area contributed by atoms with Crippen molar-refractivity contribution in [2.24, 2.45) is 0 Å². The Bertz CT molecular complexity index is 994.